The number of nitro benzene ring substituents is 1. The summed E-state index contributed by atoms with van der Waals surface area (Å²) in [7, 11) is -2.86. The standard InChI is InChI=1S/C19H20FN5O8S/c1-21-15-7-6-14(8-16(15)25(29)30)34(31,32)23-10-19(28)33-11-18(27)22-9-17(26)24-13-4-2-12(20)3-5-13/h2-8,21,23H,9-11H2,1H3,(H,22,27)(H,24,26). The third-order valence-electron chi connectivity index (χ3n) is 4.09. The van der Waals surface area contributed by atoms with Crippen molar-refractivity contribution in [3.8, 4) is 0 Å². The number of ether oxygens (including phenoxy) is 1. The van der Waals surface area contributed by atoms with Gasteiger partial charge in [-0.1, -0.05) is 0 Å². The lowest BCUT2D eigenvalue weighted by Crippen LogP contribution is -2.37. The average molecular weight is 497 g/mol. The predicted molar refractivity (Wildman–Crippen MR) is 117 cm³/mol. The molecule has 34 heavy (non-hydrogen) atoms. The first kappa shape index (κ1) is 26.1. The molecule has 2 rings (SSSR count). The van der Waals surface area contributed by atoms with Crippen molar-refractivity contribution in [2.45, 2.75) is 4.90 Å². The van der Waals surface area contributed by atoms with E-state index in [-0.39, 0.29) is 5.69 Å². The highest BCUT2D eigenvalue weighted by atomic mass is 32.2. The van der Waals surface area contributed by atoms with E-state index >= 15 is 0 Å². The number of halogens is 1. The van der Waals surface area contributed by atoms with Crippen molar-refractivity contribution in [2.24, 2.45) is 0 Å². The molecule has 2 aromatic rings. The fourth-order valence-electron chi connectivity index (χ4n) is 2.44. The SMILES string of the molecule is CNc1ccc(S(=O)(=O)NCC(=O)OCC(=O)NCC(=O)Nc2ccc(F)cc2)cc1[N+](=O)[O-]. The van der Waals surface area contributed by atoms with E-state index in [1.807, 2.05) is 4.72 Å². The summed E-state index contributed by atoms with van der Waals surface area (Å²) in [6, 6.07) is 8.06. The first-order chi connectivity index (χ1) is 16.0. The fraction of sp³-hybridized carbons (Fsp3) is 0.211. The van der Waals surface area contributed by atoms with Crippen LogP contribution >= 0.6 is 0 Å². The van der Waals surface area contributed by atoms with Crippen LogP contribution in [-0.2, 0) is 29.1 Å². The molecule has 0 heterocycles. The summed E-state index contributed by atoms with van der Waals surface area (Å²) in [5.41, 5.74) is -0.0703. The molecule has 0 aliphatic carbocycles. The van der Waals surface area contributed by atoms with Crippen molar-refractivity contribution in [1.82, 2.24) is 10.0 Å². The van der Waals surface area contributed by atoms with Gasteiger partial charge in [0, 0.05) is 18.8 Å². The van der Waals surface area contributed by atoms with E-state index in [2.05, 4.69) is 20.7 Å². The zero-order chi connectivity index (χ0) is 25.3. The molecule has 0 saturated heterocycles. The third kappa shape index (κ3) is 7.79. The van der Waals surface area contributed by atoms with Gasteiger partial charge in [-0.2, -0.15) is 4.72 Å². The van der Waals surface area contributed by atoms with Gasteiger partial charge in [0.2, 0.25) is 15.9 Å². The Kier molecular flexibility index (Phi) is 8.97. The molecule has 0 atom stereocenters. The molecule has 13 nitrogen and oxygen atoms in total. The molecule has 4 N–H and O–H groups in total. The smallest absolute Gasteiger partial charge is 0.321 e. The first-order valence-electron chi connectivity index (χ1n) is 9.45. The van der Waals surface area contributed by atoms with Gasteiger partial charge in [-0.15, -0.1) is 0 Å². The van der Waals surface area contributed by atoms with E-state index < -0.39 is 68.8 Å². The first-order valence-corrected chi connectivity index (χ1v) is 10.9. The molecule has 0 aliphatic rings. The second kappa shape index (κ2) is 11.7. The summed E-state index contributed by atoms with van der Waals surface area (Å²) < 4.78 is 44.0. The monoisotopic (exact) mass is 497 g/mol. The number of hydrogen-bond donors (Lipinski definition) is 4. The van der Waals surface area contributed by atoms with Gasteiger partial charge in [0.1, 0.15) is 18.0 Å². The van der Waals surface area contributed by atoms with Gasteiger partial charge in [-0.05, 0) is 36.4 Å². The number of carbonyl (C=O) groups excluding carboxylic acids is 3. The third-order valence-corrected chi connectivity index (χ3v) is 5.49. The second-order valence-electron chi connectivity index (χ2n) is 6.50. The molecule has 2 amide bonds. The number of benzene rings is 2. The highest BCUT2D eigenvalue weighted by Crippen LogP contribution is 2.26. The van der Waals surface area contributed by atoms with Crippen LogP contribution in [0, 0.1) is 15.9 Å². The Morgan fingerprint density at radius 3 is 2.35 bits per heavy atom. The quantitative estimate of drug-likeness (QED) is 0.193. The van der Waals surface area contributed by atoms with Crippen molar-refractivity contribution in [3.63, 3.8) is 0 Å². The Morgan fingerprint density at radius 2 is 1.74 bits per heavy atom. The molecule has 15 heteroatoms. The van der Waals surface area contributed by atoms with Crippen molar-refractivity contribution in [2.75, 3.05) is 37.4 Å². The number of amides is 2. The van der Waals surface area contributed by atoms with Gasteiger partial charge in [0.05, 0.1) is 16.4 Å². The Balaban J connectivity index is 1.78. The lowest BCUT2D eigenvalue weighted by Gasteiger charge is -2.09. The number of hydrogen-bond acceptors (Lipinski definition) is 9. The maximum Gasteiger partial charge on any atom is 0.321 e. The molecule has 182 valence electrons. The van der Waals surface area contributed by atoms with Crippen LogP contribution in [0.15, 0.2) is 47.4 Å². The summed E-state index contributed by atoms with van der Waals surface area (Å²) in [4.78, 5) is 45.1. The van der Waals surface area contributed by atoms with Crippen LogP contribution in [0.3, 0.4) is 0 Å². The topological polar surface area (TPSA) is 186 Å². The van der Waals surface area contributed by atoms with Gasteiger partial charge in [0.25, 0.3) is 11.6 Å². The molecule has 0 aromatic heterocycles. The average Bonchev–Trinajstić information content (AvgIpc) is 2.81. The number of nitrogens with zero attached hydrogens (tertiary/aromatic N) is 1. The molecule has 0 saturated carbocycles. The van der Waals surface area contributed by atoms with Crippen molar-refractivity contribution in [3.05, 3.63) is 58.4 Å². The molecular formula is C19H20FN5O8S. The number of sulfonamides is 1. The maximum atomic E-state index is 12.8. The fourth-order valence-corrected chi connectivity index (χ4v) is 3.43. The Bertz CT molecular complexity index is 1190. The van der Waals surface area contributed by atoms with Gasteiger partial charge >= 0.3 is 5.97 Å². The summed E-state index contributed by atoms with van der Waals surface area (Å²) in [5.74, 6) is -3.03. The van der Waals surface area contributed by atoms with E-state index in [4.69, 9.17) is 0 Å². The van der Waals surface area contributed by atoms with Crippen LogP contribution in [0.1, 0.15) is 0 Å². The molecule has 2 aromatic carbocycles. The lowest BCUT2D eigenvalue weighted by atomic mass is 10.3. The van der Waals surface area contributed by atoms with E-state index in [1.165, 1.54) is 25.2 Å². The van der Waals surface area contributed by atoms with Crippen molar-refractivity contribution >= 4 is 44.9 Å². The second-order valence-corrected chi connectivity index (χ2v) is 8.27. The highest BCUT2D eigenvalue weighted by molar-refractivity contribution is 7.89. The van der Waals surface area contributed by atoms with Crippen LogP contribution in [0.2, 0.25) is 0 Å². The molecule has 0 radical (unpaired) electrons. The molecule has 0 spiro atoms. The number of esters is 1. The van der Waals surface area contributed by atoms with Gasteiger partial charge in [-0.3, -0.25) is 24.5 Å². The highest BCUT2D eigenvalue weighted by Gasteiger charge is 2.22. The Morgan fingerprint density at radius 1 is 1.06 bits per heavy atom. The number of rotatable bonds is 11. The van der Waals surface area contributed by atoms with E-state index in [1.54, 1.807) is 0 Å². The van der Waals surface area contributed by atoms with Crippen molar-refractivity contribution in [1.29, 1.82) is 0 Å². The van der Waals surface area contributed by atoms with Gasteiger partial charge < -0.3 is 20.7 Å². The largest absolute Gasteiger partial charge is 0.455 e. The minimum absolute atomic E-state index is 0.0979. The number of nitro groups is 1. The molecule has 0 aliphatic heterocycles. The molecule has 0 fully saturated rings. The van der Waals surface area contributed by atoms with Gasteiger partial charge in [-0.25, -0.2) is 12.8 Å². The van der Waals surface area contributed by atoms with E-state index in [9.17, 15) is 37.3 Å². The van der Waals surface area contributed by atoms with Crippen LogP contribution < -0.4 is 20.7 Å². The molecular weight excluding hydrogens is 477 g/mol. The van der Waals surface area contributed by atoms with Crippen LogP contribution in [0.4, 0.5) is 21.5 Å². The van der Waals surface area contributed by atoms with Crippen molar-refractivity contribution < 1.29 is 36.9 Å². The molecule has 0 unspecified atom stereocenters. The van der Waals surface area contributed by atoms with Crippen LogP contribution in [0.5, 0.6) is 0 Å². The minimum atomic E-state index is -4.29. The van der Waals surface area contributed by atoms with Crippen LogP contribution in [-0.4, -0.2) is 57.9 Å². The molecule has 0 bridgehead atoms. The summed E-state index contributed by atoms with van der Waals surface area (Å²) in [5, 5.41) is 18.2. The summed E-state index contributed by atoms with van der Waals surface area (Å²) >= 11 is 0. The zero-order valence-corrected chi connectivity index (χ0v) is 18.5. The summed E-state index contributed by atoms with van der Waals surface area (Å²) in [6.45, 7) is -2.09. The Labute approximate surface area is 192 Å². The normalized spacial score (nSPS) is 10.8. The minimum Gasteiger partial charge on any atom is -0.455 e. The number of anilines is 2. The predicted octanol–water partition coefficient (Wildman–Crippen LogP) is 0.352. The van der Waals surface area contributed by atoms with Gasteiger partial charge in [0.15, 0.2) is 6.61 Å². The zero-order valence-electron chi connectivity index (χ0n) is 17.7. The van der Waals surface area contributed by atoms with E-state index in [0.717, 1.165) is 24.3 Å². The van der Waals surface area contributed by atoms with E-state index in [0.29, 0.717) is 5.69 Å². The summed E-state index contributed by atoms with van der Waals surface area (Å²) in [6.07, 6.45) is 0. The lowest BCUT2D eigenvalue weighted by molar-refractivity contribution is -0.384. The van der Waals surface area contributed by atoms with Crippen LogP contribution in [0.25, 0.3) is 0 Å². The maximum absolute atomic E-state index is 12.8. The number of nitrogens with one attached hydrogen (secondary N) is 4. The number of carbonyl (C=O) groups is 3. The Hall–Kier alpha value is -4.11.